The van der Waals surface area contributed by atoms with E-state index in [4.69, 9.17) is 5.73 Å². The van der Waals surface area contributed by atoms with Gasteiger partial charge in [-0.05, 0) is 17.7 Å². The minimum atomic E-state index is -4.11. The van der Waals surface area contributed by atoms with Crippen molar-refractivity contribution in [3.8, 4) is 11.1 Å². The average molecular weight is 308 g/mol. The van der Waals surface area contributed by atoms with Gasteiger partial charge in [0.15, 0.2) is 0 Å². The topological polar surface area (TPSA) is 89.3 Å². The van der Waals surface area contributed by atoms with Crippen LogP contribution >= 0.6 is 0 Å². The van der Waals surface area contributed by atoms with Gasteiger partial charge in [-0.15, -0.1) is 0 Å². The number of benzene rings is 2. The van der Waals surface area contributed by atoms with Crippen molar-refractivity contribution in [2.24, 2.45) is 5.73 Å². The zero-order valence-electron chi connectivity index (χ0n) is 10.9. The Kier molecular flexibility index (Phi) is 4.23. The fourth-order valence-electron chi connectivity index (χ4n) is 1.95. The third kappa shape index (κ3) is 3.38. The van der Waals surface area contributed by atoms with Crippen LogP contribution in [-0.4, -0.2) is 20.3 Å². The zero-order valence-corrected chi connectivity index (χ0v) is 11.7. The highest BCUT2D eigenvalue weighted by Crippen LogP contribution is 2.32. The summed E-state index contributed by atoms with van der Waals surface area (Å²) in [5.74, 6) is -0.699. The summed E-state index contributed by atoms with van der Waals surface area (Å²) in [6, 6.07) is 11.5. The summed E-state index contributed by atoms with van der Waals surface area (Å²) in [7, 11) is -4.11. The number of carbonyl (C=O) groups excluding carboxylic acids is 1. The summed E-state index contributed by atoms with van der Waals surface area (Å²) >= 11 is 0. The molecular formula is C14H13FN2O3S. The molecule has 7 heteroatoms. The van der Waals surface area contributed by atoms with Crippen LogP contribution < -0.4 is 10.5 Å². The normalized spacial score (nSPS) is 11.1. The number of amides is 1. The summed E-state index contributed by atoms with van der Waals surface area (Å²) in [5, 5.41) is 0. The molecule has 1 amide bonds. The highest BCUT2D eigenvalue weighted by Gasteiger charge is 2.18. The fraction of sp³-hybridized carbons (Fsp3) is 0.0714. The molecule has 0 aliphatic heterocycles. The maximum Gasteiger partial charge on any atom is 0.262 e. The third-order valence-corrected chi connectivity index (χ3v) is 3.62. The maximum absolute atomic E-state index is 12.5. The summed E-state index contributed by atoms with van der Waals surface area (Å²) in [5.41, 5.74) is 6.51. The molecular weight excluding hydrogens is 295 g/mol. The van der Waals surface area contributed by atoms with E-state index in [0.29, 0.717) is 11.1 Å². The quantitative estimate of drug-likeness (QED) is 0.886. The van der Waals surface area contributed by atoms with Crippen molar-refractivity contribution in [1.82, 2.24) is 0 Å². The van der Waals surface area contributed by atoms with Gasteiger partial charge in [0.25, 0.3) is 10.0 Å². The molecule has 2 rings (SSSR count). The van der Waals surface area contributed by atoms with Crippen molar-refractivity contribution >= 4 is 21.6 Å². The number of hydrogen-bond donors (Lipinski definition) is 2. The maximum atomic E-state index is 12.5. The number of alkyl halides is 1. The minimum absolute atomic E-state index is 0.107. The van der Waals surface area contributed by atoms with Gasteiger partial charge in [-0.3, -0.25) is 9.52 Å². The predicted molar refractivity (Wildman–Crippen MR) is 78.9 cm³/mol. The Hall–Kier alpha value is -2.41. The molecule has 0 radical (unpaired) electrons. The van der Waals surface area contributed by atoms with E-state index < -0.39 is 21.9 Å². The average Bonchev–Trinajstić information content (AvgIpc) is 2.47. The van der Waals surface area contributed by atoms with Gasteiger partial charge in [0, 0.05) is 11.1 Å². The molecule has 2 aromatic rings. The van der Waals surface area contributed by atoms with Crippen LogP contribution in [0, 0.1) is 0 Å². The van der Waals surface area contributed by atoms with E-state index in [1.54, 1.807) is 30.3 Å². The van der Waals surface area contributed by atoms with Gasteiger partial charge in [0.05, 0.1) is 5.69 Å². The summed E-state index contributed by atoms with van der Waals surface area (Å²) in [4.78, 5) is 11.6. The molecule has 0 unspecified atom stereocenters. The van der Waals surface area contributed by atoms with Gasteiger partial charge in [-0.25, -0.2) is 12.8 Å². The van der Waals surface area contributed by atoms with Crippen LogP contribution in [-0.2, 0) is 10.0 Å². The first-order chi connectivity index (χ1) is 9.94. The second-order valence-corrected chi connectivity index (χ2v) is 5.94. The first kappa shape index (κ1) is 15.0. The van der Waals surface area contributed by atoms with Crippen molar-refractivity contribution in [3.63, 3.8) is 0 Å². The van der Waals surface area contributed by atoms with E-state index in [1.807, 2.05) is 0 Å². The molecule has 0 heterocycles. The van der Waals surface area contributed by atoms with Gasteiger partial charge < -0.3 is 5.73 Å². The Labute approximate surface area is 121 Å². The Morgan fingerprint density at radius 1 is 1.10 bits per heavy atom. The number of nitrogens with one attached hydrogen (secondary N) is 1. The van der Waals surface area contributed by atoms with E-state index in [0.717, 1.165) is 0 Å². The van der Waals surface area contributed by atoms with Crippen LogP contribution in [0.1, 0.15) is 10.4 Å². The second-order valence-electron chi connectivity index (χ2n) is 4.28. The number of carbonyl (C=O) groups is 1. The van der Waals surface area contributed by atoms with Crippen LogP contribution in [0.3, 0.4) is 0 Å². The molecule has 0 aliphatic rings. The minimum Gasteiger partial charge on any atom is -0.366 e. The Balaban J connectivity index is 2.66. The van der Waals surface area contributed by atoms with E-state index in [1.165, 1.54) is 18.2 Å². The molecule has 0 saturated carbocycles. The van der Waals surface area contributed by atoms with E-state index in [2.05, 4.69) is 4.72 Å². The van der Waals surface area contributed by atoms with Gasteiger partial charge in [-0.2, -0.15) is 0 Å². The summed E-state index contributed by atoms with van der Waals surface area (Å²) in [6.45, 7) is 0. The van der Waals surface area contributed by atoms with Crippen LogP contribution in [0.5, 0.6) is 0 Å². The molecule has 0 bridgehead atoms. The molecule has 0 aliphatic carbocycles. The van der Waals surface area contributed by atoms with E-state index in [-0.39, 0.29) is 11.3 Å². The highest BCUT2D eigenvalue weighted by molar-refractivity contribution is 7.92. The Morgan fingerprint density at radius 2 is 1.76 bits per heavy atom. The number of halogens is 1. The predicted octanol–water partition coefficient (Wildman–Crippen LogP) is 2.12. The monoisotopic (exact) mass is 308 g/mol. The third-order valence-electron chi connectivity index (χ3n) is 2.80. The molecule has 5 nitrogen and oxygen atoms in total. The smallest absolute Gasteiger partial charge is 0.262 e. The van der Waals surface area contributed by atoms with Gasteiger partial charge >= 0.3 is 0 Å². The molecule has 0 fully saturated rings. The lowest BCUT2D eigenvalue weighted by molar-refractivity contribution is 0.100. The molecule has 3 N–H and O–H groups in total. The number of sulfonamides is 1. The number of primary amides is 1. The standard InChI is InChI=1S/C14H13FN2O3S/c15-9-21(19,20)17-12-8-4-7-11(14(16)18)13(12)10-5-2-1-3-6-10/h1-8,17H,9H2,(H2,16,18). The Bertz CT molecular complexity index is 761. The van der Waals surface area contributed by atoms with Crippen molar-refractivity contribution in [3.05, 3.63) is 54.1 Å². The lowest BCUT2D eigenvalue weighted by atomic mass is 9.97. The molecule has 0 atom stereocenters. The highest BCUT2D eigenvalue weighted by atomic mass is 32.2. The second kappa shape index (κ2) is 5.92. The molecule has 0 saturated heterocycles. The number of nitrogens with two attached hydrogens (primary N) is 1. The number of rotatable bonds is 5. The van der Waals surface area contributed by atoms with Crippen molar-refractivity contribution in [1.29, 1.82) is 0 Å². The number of anilines is 1. The van der Waals surface area contributed by atoms with Crippen LogP contribution in [0.4, 0.5) is 10.1 Å². The summed E-state index contributed by atoms with van der Waals surface area (Å²) in [6.07, 6.45) is 0. The number of hydrogen-bond acceptors (Lipinski definition) is 3. The van der Waals surface area contributed by atoms with Crippen molar-refractivity contribution in [2.45, 2.75) is 0 Å². The molecule has 2 aromatic carbocycles. The van der Waals surface area contributed by atoms with E-state index in [9.17, 15) is 17.6 Å². The lowest BCUT2D eigenvalue weighted by Crippen LogP contribution is -2.17. The molecule has 21 heavy (non-hydrogen) atoms. The van der Waals surface area contributed by atoms with Crippen LogP contribution in [0.25, 0.3) is 11.1 Å². The van der Waals surface area contributed by atoms with Crippen molar-refractivity contribution in [2.75, 3.05) is 10.7 Å². The van der Waals surface area contributed by atoms with Crippen LogP contribution in [0.2, 0.25) is 0 Å². The lowest BCUT2D eigenvalue weighted by Gasteiger charge is -2.14. The van der Waals surface area contributed by atoms with Crippen molar-refractivity contribution < 1.29 is 17.6 Å². The first-order valence-corrected chi connectivity index (χ1v) is 7.64. The molecule has 0 aromatic heterocycles. The van der Waals surface area contributed by atoms with Gasteiger partial charge in [-0.1, -0.05) is 36.4 Å². The van der Waals surface area contributed by atoms with Gasteiger partial charge in [0.1, 0.15) is 0 Å². The fourth-order valence-corrected chi connectivity index (χ4v) is 2.51. The summed E-state index contributed by atoms with van der Waals surface area (Å²) < 4.78 is 37.5. The SMILES string of the molecule is NC(=O)c1cccc(NS(=O)(=O)CF)c1-c1ccccc1. The Morgan fingerprint density at radius 3 is 2.33 bits per heavy atom. The first-order valence-electron chi connectivity index (χ1n) is 5.99. The zero-order chi connectivity index (χ0) is 15.5. The molecule has 110 valence electrons. The van der Waals surface area contributed by atoms with Crippen LogP contribution in [0.15, 0.2) is 48.5 Å². The van der Waals surface area contributed by atoms with E-state index >= 15 is 0 Å². The largest absolute Gasteiger partial charge is 0.366 e. The van der Waals surface area contributed by atoms with Gasteiger partial charge in [0.2, 0.25) is 11.9 Å². The molecule has 0 spiro atoms.